The Morgan fingerprint density at radius 2 is 2.00 bits per heavy atom. The van der Waals surface area contributed by atoms with E-state index < -0.39 is 0 Å². The van der Waals surface area contributed by atoms with Gasteiger partial charge in [-0.25, -0.2) is 0 Å². The minimum Gasteiger partial charge on any atom is -0.358 e. The average Bonchev–Trinajstić information content (AvgIpc) is 2.72. The third kappa shape index (κ3) is 4.62. The molecule has 1 aromatic heterocycles. The van der Waals surface area contributed by atoms with Gasteiger partial charge in [0.25, 0.3) is 0 Å². The topological polar surface area (TPSA) is 21.1 Å². The molecule has 3 nitrogen and oxygen atoms in total. The summed E-state index contributed by atoms with van der Waals surface area (Å²) in [4.78, 5) is 6.51. The van der Waals surface area contributed by atoms with Crippen LogP contribution in [0.5, 0.6) is 0 Å². The van der Waals surface area contributed by atoms with Gasteiger partial charge in [0.15, 0.2) is 0 Å². The Morgan fingerprint density at radius 1 is 1.35 bits per heavy atom. The van der Waals surface area contributed by atoms with E-state index in [-0.39, 0.29) is 31.1 Å². The summed E-state index contributed by atoms with van der Waals surface area (Å²) in [5, 5.41) is 0. The first kappa shape index (κ1) is 16.1. The van der Waals surface area contributed by atoms with Crippen molar-refractivity contribution in [1.82, 2.24) is 14.5 Å². The summed E-state index contributed by atoms with van der Waals surface area (Å²) in [6, 6.07) is 6.84. The zero-order chi connectivity index (χ0) is 14.7. The van der Waals surface area contributed by atoms with Gasteiger partial charge in [0.2, 0.25) is 0 Å². The van der Waals surface area contributed by atoms with Crippen molar-refractivity contribution in [3.8, 4) is 0 Å². The number of imidazole rings is 1. The summed E-state index contributed by atoms with van der Waals surface area (Å²) < 4.78 is 9.24. The molecule has 1 aliphatic rings. The van der Waals surface area contributed by atoms with Crippen LogP contribution in [0.15, 0.2) is 18.4 Å². The van der Waals surface area contributed by atoms with Crippen molar-refractivity contribution in [2.75, 3.05) is 20.1 Å². The first-order valence-electron chi connectivity index (χ1n) is 7.48. The minimum absolute atomic E-state index is 0. The molecular weight excluding hydrogens is 472 g/mol. The Morgan fingerprint density at radius 3 is 2.55 bits per heavy atom. The van der Waals surface area contributed by atoms with Gasteiger partial charge in [-0.2, -0.15) is 12.1 Å². The van der Waals surface area contributed by atoms with Crippen molar-refractivity contribution >= 4 is 11.0 Å². The molecule has 0 bridgehead atoms. The Bertz CT molecular complexity index is 564. The minimum atomic E-state index is 0. The van der Waals surface area contributed by atoms with Crippen LogP contribution in [0.3, 0.4) is 0 Å². The van der Waals surface area contributed by atoms with E-state index in [9.17, 15) is 0 Å². The number of fused-ring (bicyclic) bond motifs is 1. The second-order valence-corrected chi connectivity index (χ2v) is 5.59. The molecule has 0 aliphatic carbocycles. The van der Waals surface area contributed by atoms with Crippen LogP contribution in [0.1, 0.15) is 26.7 Å². The first-order valence-corrected chi connectivity index (χ1v) is 6.98. The van der Waals surface area contributed by atoms with Gasteiger partial charge < -0.3 is 14.5 Å². The molecule has 0 spiro atoms. The molecule has 0 atom stereocenters. The molecule has 0 unspecified atom stereocenters. The van der Waals surface area contributed by atoms with Crippen LogP contribution >= 0.6 is 0 Å². The quantitative estimate of drug-likeness (QED) is 0.521. The normalized spacial score (nSPS) is 17.1. The van der Waals surface area contributed by atoms with Gasteiger partial charge in [-0.05, 0) is 49.9 Å². The Kier molecular flexibility index (Phi) is 6.61. The molecule has 0 N–H and O–H groups in total. The van der Waals surface area contributed by atoms with Gasteiger partial charge in [0, 0.05) is 38.2 Å². The number of rotatable bonds is 0. The summed E-state index contributed by atoms with van der Waals surface area (Å²) >= 11 is 0. The average molecular weight is 498 g/mol. The van der Waals surface area contributed by atoms with Gasteiger partial charge in [0.1, 0.15) is 1.37 Å². The van der Waals surface area contributed by atoms with Crippen LogP contribution in [-0.2, 0) is 7.05 Å². The summed E-state index contributed by atoms with van der Waals surface area (Å²) in [6.45, 7) is 6.91. The van der Waals surface area contributed by atoms with E-state index in [1.165, 1.54) is 25.9 Å². The Balaban J connectivity index is 0.000000216. The number of hydrogen-bond donors (Lipinski definition) is 0. The predicted molar refractivity (Wildman–Crippen MR) is 80.2 cm³/mol. The molecule has 20 heavy (non-hydrogen) atoms. The zero-order valence-corrected chi connectivity index (χ0v) is 17.1. The van der Waals surface area contributed by atoms with Crippen LogP contribution in [0.4, 0.5) is 0 Å². The Labute approximate surface area is 147 Å². The third-order valence-electron chi connectivity index (χ3n) is 3.82. The van der Waals surface area contributed by atoms with E-state index in [2.05, 4.69) is 29.9 Å². The van der Waals surface area contributed by atoms with E-state index in [1.807, 2.05) is 26.1 Å². The monoisotopic (exact) mass is 498 g/mol. The zero-order valence-electron chi connectivity index (χ0n) is 13.9. The fourth-order valence-electron chi connectivity index (χ4n) is 2.31. The first-order chi connectivity index (χ1) is 9.49. The standard InChI is InChI=1S/C9H9N2.C7H15N.U/c1-7-4-3-5-8-9(7)10-6-11(8)2;1-7-3-5-8(2)6-4-7;/h3,5-6H,1-2H3;7H,3-6H2,1-2H3;/q-1;;/i6T;;. The smallest absolute Gasteiger partial charge is 0.103 e. The summed E-state index contributed by atoms with van der Waals surface area (Å²) in [6.07, 6.45) is 3.10. The molecule has 1 saturated heterocycles. The number of nitrogens with zero attached hydrogens (tertiary/aromatic N) is 3. The molecule has 108 valence electrons. The van der Waals surface area contributed by atoms with Crippen molar-refractivity contribution < 1.29 is 32.5 Å². The van der Waals surface area contributed by atoms with Crippen LogP contribution < -0.4 is 0 Å². The van der Waals surface area contributed by atoms with Crippen molar-refractivity contribution in [2.24, 2.45) is 13.0 Å². The number of likely N-dealkylation sites (tertiary alicyclic amines) is 1. The number of benzene rings is 1. The van der Waals surface area contributed by atoms with Gasteiger partial charge in [-0.1, -0.05) is 13.8 Å². The maximum atomic E-state index is 7.48. The number of hydrogen-bond acceptors (Lipinski definition) is 2. The SMILES string of the molecule is CC1CCN(C)CC1.[3H]c1nc2c(C)[c-]ccc2n1C.[U]. The number of piperidine rings is 1. The molecule has 1 aliphatic heterocycles. The van der Waals surface area contributed by atoms with Crippen molar-refractivity contribution in [2.45, 2.75) is 26.7 Å². The summed E-state index contributed by atoms with van der Waals surface area (Å²) in [7, 11) is 4.04. The molecular formula is C16H24N3U-. The maximum absolute atomic E-state index is 7.48. The maximum Gasteiger partial charge on any atom is 0.103 e. The van der Waals surface area contributed by atoms with Crippen LogP contribution in [-0.4, -0.2) is 34.6 Å². The fraction of sp³-hybridized carbons (Fsp3) is 0.562. The predicted octanol–water partition coefficient (Wildman–Crippen LogP) is 3.03. The van der Waals surface area contributed by atoms with E-state index in [0.717, 1.165) is 22.5 Å². The van der Waals surface area contributed by atoms with Gasteiger partial charge in [-0.3, -0.25) is 0 Å². The van der Waals surface area contributed by atoms with E-state index in [4.69, 9.17) is 1.37 Å². The molecule has 0 amide bonds. The molecule has 1 fully saturated rings. The molecule has 2 heterocycles. The molecule has 0 saturated carbocycles. The summed E-state index contributed by atoms with van der Waals surface area (Å²) in [5.74, 6) is 0.978. The largest absolute Gasteiger partial charge is 0.358 e. The third-order valence-corrected chi connectivity index (χ3v) is 3.82. The van der Waals surface area contributed by atoms with Crippen LogP contribution in [0.2, 0.25) is 0 Å². The van der Waals surface area contributed by atoms with Gasteiger partial charge in [-0.15, -0.1) is 11.6 Å². The number of aromatic nitrogens is 2. The molecule has 2 aromatic rings. The second kappa shape index (κ2) is 8.22. The van der Waals surface area contributed by atoms with Crippen molar-refractivity contribution in [1.29, 1.82) is 0 Å². The van der Waals surface area contributed by atoms with Gasteiger partial charge in [0.05, 0.1) is 6.30 Å². The van der Waals surface area contributed by atoms with Crippen molar-refractivity contribution in [3.63, 3.8) is 0 Å². The van der Waals surface area contributed by atoms with Crippen molar-refractivity contribution in [3.05, 3.63) is 30.1 Å². The molecule has 0 radical (unpaired) electrons. The van der Waals surface area contributed by atoms with Crippen LogP contribution in [0, 0.1) is 50.0 Å². The molecule has 1 aromatic carbocycles. The Hall–Kier alpha value is -0.298. The second-order valence-electron chi connectivity index (χ2n) is 5.59. The van der Waals surface area contributed by atoms with E-state index in [0.29, 0.717) is 6.30 Å². The molecule has 4 heteroatoms. The van der Waals surface area contributed by atoms with E-state index >= 15 is 0 Å². The van der Waals surface area contributed by atoms with E-state index in [1.54, 1.807) is 4.57 Å². The number of aryl methyl sites for hydroxylation is 2. The van der Waals surface area contributed by atoms with Gasteiger partial charge >= 0.3 is 0 Å². The molecule has 3 rings (SSSR count). The summed E-state index contributed by atoms with van der Waals surface area (Å²) in [5.41, 5.74) is 2.88. The fourth-order valence-corrected chi connectivity index (χ4v) is 2.31. The van der Waals surface area contributed by atoms with Crippen LogP contribution in [0.25, 0.3) is 11.0 Å².